The largest absolute Gasteiger partial charge is 0.197 e. The third kappa shape index (κ3) is 25.3. The van der Waals surface area contributed by atoms with Crippen molar-refractivity contribution >= 4 is 63.2 Å². The van der Waals surface area contributed by atoms with Gasteiger partial charge in [0.25, 0.3) is 0 Å². The summed E-state index contributed by atoms with van der Waals surface area (Å²) in [4.78, 5) is 0. The van der Waals surface area contributed by atoms with Gasteiger partial charge in [0.1, 0.15) is 0 Å². The monoisotopic (exact) mass is 452 g/mol. The zero-order valence-corrected chi connectivity index (χ0v) is 15.1. The van der Waals surface area contributed by atoms with Gasteiger partial charge in [-0.1, -0.05) is 0 Å². The van der Waals surface area contributed by atoms with Gasteiger partial charge in [-0.2, -0.15) is 13.5 Å². The van der Waals surface area contributed by atoms with Gasteiger partial charge in [0, 0.05) is 103 Å². The van der Waals surface area contributed by atoms with E-state index in [9.17, 15) is 0 Å². The molecule has 0 unspecified atom stereocenters. The Morgan fingerprint density at radius 1 is 1.00 bits per heavy atom. The third-order valence-electron chi connectivity index (χ3n) is 0. The minimum absolute atomic E-state index is 0. The molecule has 8 radical (unpaired) electrons. The Bertz CT molecular complexity index is 15.5. The second kappa shape index (κ2) is 37.8. The van der Waals surface area contributed by atoms with Crippen LogP contribution in [-0.2, 0) is 53.6 Å². The summed E-state index contributed by atoms with van der Waals surface area (Å²) in [6, 6.07) is 0. The first kappa shape index (κ1) is 53.8. The number of hydrogen-bond acceptors (Lipinski definition) is 0. The van der Waals surface area contributed by atoms with Crippen LogP contribution in [0.3, 0.4) is 0 Å². The average Bonchev–Trinajstić information content (AvgIpc) is 0. The molecule has 0 aromatic rings. The van der Waals surface area contributed by atoms with E-state index in [-0.39, 0.29) is 117 Å². The summed E-state index contributed by atoms with van der Waals surface area (Å²) in [6.07, 6.45) is 0. The Hall–Kier alpha value is 3.68. The molecule has 0 fully saturated rings. The molecule has 0 aromatic carbocycles. The Kier molecular flexibility index (Phi) is 339. The van der Waals surface area contributed by atoms with Gasteiger partial charge in [-0.3, -0.25) is 0 Å². The van der Waals surface area contributed by atoms with Crippen molar-refractivity contribution in [2.24, 2.45) is 0 Å². The molecule has 0 saturated heterocycles. The van der Waals surface area contributed by atoms with Crippen LogP contribution in [-0.4, -0.2) is 49.8 Å². The molecule has 0 aliphatic heterocycles. The third-order valence-corrected chi connectivity index (χ3v) is 0. The van der Waals surface area contributed by atoms with Crippen LogP contribution < -0.4 is 0 Å². The van der Waals surface area contributed by atoms with Gasteiger partial charge in [0.2, 0.25) is 0 Å². The predicted molar refractivity (Wildman–Crippen MR) is 21.9 cm³/mol. The van der Waals surface area contributed by atoms with E-state index >= 15 is 0 Å². The van der Waals surface area contributed by atoms with Crippen molar-refractivity contribution < 1.29 is 53.6 Å². The molecule has 0 bridgehead atoms. The molecule has 0 atom stereocenters. The first-order chi connectivity index (χ1) is 0. The summed E-state index contributed by atoms with van der Waals surface area (Å²) in [6.45, 7) is 0. The van der Waals surface area contributed by atoms with Crippen molar-refractivity contribution in [1.82, 2.24) is 0 Å². The molecule has 6 heteroatoms. The van der Waals surface area contributed by atoms with Crippen molar-refractivity contribution in [3.63, 3.8) is 0 Å². The molecule has 36 valence electrons. The van der Waals surface area contributed by atoms with Crippen molar-refractivity contribution in [3.05, 3.63) is 0 Å². The molecule has 0 aliphatic carbocycles. The second-order valence-corrected chi connectivity index (χ2v) is 0. The maximum atomic E-state index is 0. The molecular formula is H2CuFeInSSnZn. The van der Waals surface area contributed by atoms with Crippen LogP contribution in [0.4, 0.5) is 0 Å². The van der Waals surface area contributed by atoms with Gasteiger partial charge in [0.15, 0.2) is 0 Å². The quantitative estimate of drug-likeness (QED) is 0.429. The van der Waals surface area contributed by atoms with E-state index in [1.165, 1.54) is 0 Å². The molecule has 0 nitrogen and oxygen atoms in total. The summed E-state index contributed by atoms with van der Waals surface area (Å²) in [5.41, 5.74) is 0. The minimum atomic E-state index is 0. The van der Waals surface area contributed by atoms with Crippen molar-refractivity contribution in [2.75, 3.05) is 0 Å². The molecule has 0 N–H and O–H groups in total. The Morgan fingerprint density at radius 3 is 1.00 bits per heavy atom. The van der Waals surface area contributed by atoms with Gasteiger partial charge in [-0.15, -0.1) is 0 Å². The summed E-state index contributed by atoms with van der Waals surface area (Å²) >= 11 is 0. The predicted octanol–water partition coefficient (Wildman–Crippen LogP) is -0.656. The molecule has 0 saturated carbocycles. The molecule has 0 aromatic heterocycles. The van der Waals surface area contributed by atoms with E-state index in [1.54, 1.807) is 0 Å². The normalized spacial score (nSPS) is 0. The molecule has 6 heavy (non-hydrogen) atoms. The van der Waals surface area contributed by atoms with E-state index in [0.717, 1.165) is 0 Å². The van der Waals surface area contributed by atoms with Crippen LogP contribution in [0.5, 0.6) is 0 Å². The van der Waals surface area contributed by atoms with Crippen molar-refractivity contribution in [3.8, 4) is 0 Å². The van der Waals surface area contributed by atoms with E-state index in [0.29, 0.717) is 0 Å². The molecule has 0 aliphatic rings. The average molecular weight is 452 g/mol. The molecule has 0 amide bonds. The fourth-order valence-electron chi connectivity index (χ4n) is 0. The second-order valence-electron chi connectivity index (χ2n) is 0. The first-order valence-corrected chi connectivity index (χ1v) is 0. The molecule has 0 rings (SSSR count). The fraction of sp³-hybridized carbons (Fsp3) is 0. The van der Waals surface area contributed by atoms with E-state index in [2.05, 4.69) is 0 Å². The summed E-state index contributed by atoms with van der Waals surface area (Å²) < 4.78 is 0. The van der Waals surface area contributed by atoms with Gasteiger partial charge in [-0.25, -0.2) is 0 Å². The number of rotatable bonds is 0. The smallest absolute Gasteiger partial charge is 0 e. The van der Waals surface area contributed by atoms with Crippen LogP contribution in [0.25, 0.3) is 0 Å². The molecule has 0 heterocycles. The van der Waals surface area contributed by atoms with Gasteiger partial charge >= 0.3 is 0 Å². The first-order valence-electron chi connectivity index (χ1n) is 0. The maximum absolute atomic E-state index is 0. The van der Waals surface area contributed by atoms with Crippen LogP contribution in [0.15, 0.2) is 0 Å². The fourth-order valence-corrected chi connectivity index (χ4v) is 0. The summed E-state index contributed by atoms with van der Waals surface area (Å²) in [7, 11) is 0. The molecular weight excluding hydrogens is 450 g/mol. The van der Waals surface area contributed by atoms with Gasteiger partial charge in [-0.05, 0) is 0 Å². The maximum Gasteiger partial charge on any atom is 0 e. The Labute approximate surface area is 115 Å². The Balaban J connectivity index is 0. The van der Waals surface area contributed by atoms with E-state index < -0.39 is 0 Å². The summed E-state index contributed by atoms with van der Waals surface area (Å²) in [5.74, 6) is 0. The molecule has 0 spiro atoms. The van der Waals surface area contributed by atoms with E-state index in [4.69, 9.17) is 0 Å². The topological polar surface area (TPSA) is 0 Å². The van der Waals surface area contributed by atoms with Crippen LogP contribution in [0, 0.1) is 0 Å². The Morgan fingerprint density at radius 2 is 1.00 bits per heavy atom. The SMILES string of the molecule is S.[Cu].[Fe].[In].[Sn].[Zn]. The van der Waals surface area contributed by atoms with Crippen LogP contribution >= 0.6 is 13.5 Å². The van der Waals surface area contributed by atoms with Crippen LogP contribution in [0.1, 0.15) is 0 Å². The van der Waals surface area contributed by atoms with Gasteiger partial charge in [0.05, 0.1) is 0 Å². The van der Waals surface area contributed by atoms with E-state index in [1.807, 2.05) is 0 Å². The van der Waals surface area contributed by atoms with Crippen molar-refractivity contribution in [1.29, 1.82) is 0 Å². The van der Waals surface area contributed by atoms with Crippen LogP contribution in [0.2, 0.25) is 0 Å². The van der Waals surface area contributed by atoms with Crippen molar-refractivity contribution in [2.45, 2.75) is 0 Å². The summed E-state index contributed by atoms with van der Waals surface area (Å²) in [5, 5.41) is 0. The standard InChI is InChI=1S/Cu.Fe.In.H2S.Sn.Zn/h;;;1H2;;. The van der Waals surface area contributed by atoms with Gasteiger partial charge < -0.3 is 0 Å². The zero-order valence-electron chi connectivity index (χ0n) is 2.94. The minimum Gasteiger partial charge on any atom is -0.197 e. The number of hydrogen-bond donors (Lipinski definition) is 0. The zero-order chi connectivity index (χ0) is 0.